The van der Waals surface area contributed by atoms with Crippen LogP contribution in [0, 0.1) is 17.7 Å². The molecule has 162 valence electrons. The number of benzene rings is 1. The quantitative estimate of drug-likeness (QED) is 0.705. The lowest BCUT2D eigenvalue weighted by molar-refractivity contribution is -0.174. The van der Waals surface area contributed by atoms with Gasteiger partial charge < -0.3 is 10.2 Å². The van der Waals surface area contributed by atoms with E-state index >= 15 is 0 Å². The predicted molar refractivity (Wildman–Crippen MR) is 102 cm³/mol. The Morgan fingerprint density at radius 3 is 2.14 bits per heavy atom. The fraction of sp³-hybridized carbons (Fsp3) is 0.619. The summed E-state index contributed by atoms with van der Waals surface area (Å²) in [6.45, 7) is 5.42. The van der Waals surface area contributed by atoms with Crippen molar-refractivity contribution < 1.29 is 27.2 Å². The van der Waals surface area contributed by atoms with Crippen molar-refractivity contribution in [2.75, 3.05) is 13.1 Å². The van der Waals surface area contributed by atoms with Gasteiger partial charge >= 0.3 is 6.18 Å². The zero-order valence-electron chi connectivity index (χ0n) is 16.9. The zero-order chi connectivity index (χ0) is 21.8. The smallest absolute Gasteiger partial charge is 0.344 e. The van der Waals surface area contributed by atoms with Crippen molar-refractivity contribution in [3.05, 3.63) is 35.6 Å². The van der Waals surface area contributed by atoms with Gasteiger partial charge in [-0.05, 0) is 42.4 Å². The van der Waals surface area contributed by atoms with Gasteiger partial charge in [0.05, 0.1) is 5.92 Å². The maximum absolute atomic E-state index is 13.1. The highest BCUT2D eigenvalue weighted by molar-refractivity contribution is 5.88. The summed E-state index contributed by atoms with van der Waals surface area (Å²) in [7, 11) is 0. The monoisotopic (exact) mass is 416 g/mol. The summed E-state index contributed by atoms with van der Waals surface area (Å²) in [5, 5.41) is 2.49. The zero-order valence-corrected chi connectivity index (χ0v) is 16.9. The molecule has 1 saturated heterocycles. The van der Waals surface area contributed by atoms with Crippen LogP contribution in [0.25, 0.3) is 0 Å². The van der Waals surface area contributed by atoms with E-state index < -0.39 is 30.5 Å². The van der Waals surface area contributed by atoms with Gasteiger partial charge in [-0.2, -0.15) is 13.2 Å². The molecule has 0 bridgehead atoms. The number of alkyl halides is 3. The fourth-order valence-corrected chi connectivity index (χ4v) is 3.50. The third-order valence-corrected chi connectivity index (χ3v) is 5.45. The number of hydrogen-bond acceptors (Lipinski definition) is 2. The molecule has 2 unspecified atom stereocenters. The third-order valence-electron chi connectivity index (χ3n) is 5.45. The maximum Gasteiger partial charge on any atom is 0.392 e. The van der Waals surface area contributed by atoms with Crippen molar-refractivity contribution in [2.45, 2.75) is 58.2 Å². The molecule has 0 saturated carbocycles. The van der Waals surface area contributed by atoms with Gasteiger partial charge in [0.2, 0.25) is 11.8 Å². The lowest BCUT2D eigenvalue weighted by atomic mass is 9.89. The van der Waals surface area contributed by atoms with Gasteiger partial charge in [0, 0.05) is 19.5 Å². The Balaban J connectivity index is 1.94. The topological polar surface area (TPSA) is 49.4 Å². The summed E-state index contributed by atoms with van der Waals surface area (Å²) in [5.41, 5.74) is 1.02. The van der Waals surface area contributed by atoms with Crippen molar-refractivity contribution >= 4 is 11.8 Å². The first kappa shape index (κ1) is 23.2. The number of hydrogen-bond donors (Lipinski definition) is 1. The second kappa shape index (κ2) is 9.59. The Morgan fingerprint density at radius 1 is 1.10 bits per heavy atom. The lowest BCUT2D eigenvalue weighted by Gasteiger charge is -2.35. The van der Waals surface area contributed by atoms with Gasteiger partial charge in [-0.15, -0.1) is 0 Å². The second-order valence-corrected chi connectivity index (χ2v) is 8.09. The highest BCUT2D eigenvalue weighted by Crippen LogP contribution is 2.30. The van der Waals surface area contributed by atoms with Gasteiger partial charge in [0.25, 0.3) is 0 Å². The molecular formula is C21H28F4N2O2. The molecule has 8 heteroatoms. The Labute approximate surface area is 168 Å². The van der Waals surface area contributed by atoms with Crippen LogP contribution in [0.5, 0.6) is 0 Å². The number of nitrogens with zero attached hydrogens (tertiary/aromatic N) is 1. The normalized spacial score (nSPS) is 17.9. The maximum atomic E-state index is 13.1. The molecule has 1 N–H and O–H groups in total. The first-order chi connectivity index (χ1) is 13.5. The fourth-order valence-electron chi connectivity index (χ4n) is 3.50. The minimum atomic E-state index is -4.45. The minimum Gasteiger partial charge on any atom is -0.344 e. The summed E-state index contributed by atoms with van der Waals surface area (Å²) >= 11 is 0. The first-order valence-corrected chi connectivity index (χ1v) is 9.89. The number of carbonyl (C=O) groups excluding carboxylic acids is 2. The van der Waals surface area contributed by atoms with Crippen LogP contribution >= 0.6 is 0 Å². The van der Waals surface area contributed by atoms with E-state index in [2.05, 4.69) is 5.32 Å². The van der Waals surface area contributed by atoms with Crippen molar-refractivity contribution in [3.8, 4) is 0 Å². The predicted octanol–water partition coefficient (Wildman–Crippen LogP) is 4.26. The number of piperidine rings is 1. The Morgan fingerprint density at radius 2 is 1.66 bits per heavy atom. The minimum absolute atomic E-state index is 0.222. The number of nitrogens with one attached hydrogen (secondary N) is 1. The van der Waals surface area contributed by atoms with Crippen LogP contribution < -0.4 is 5.32 Å². The molecule has 1 heterocycles. The average molecular weight is 416 g/mol. The molecule has 2 rings (SSSR count). The van der Waals surface area contributed by atoms with Crippen LogP contribution in [0.2, 0.25) is 0 Å². The summed E-state index contributed by atoms with van der Waals surface area (Å²) < 4.78 is 51.1. The number of amides is 2. The molecule has 1 aliphatic heterocycles. The van der Waals surface area contributed by atoms with Gasteiger partial charge in [0.15, 0.2) is 0 Å². The number of halogens is 4. The molecule has 0 spiro atoms. The summed E-state index contributed by atoms with van der Waals surface area (Å²) in [4.78, 5) is 26.6. The molecule has 4 nitrogen and oxygen atoms in total. The SMILES string of the molecule is CC(C)C(NC(=O)CC(C)C(F)(F)F)C(=O)N1CCC(c2ccc(F)cc2)CC1. The largest absolute Gasteiger partial charge is 0.392 e. The van der Waals surface area contributed by atoms with Crippen LogP contribution in [-0.2, 0) is 9.59 Å². The van der Waals surface area contributed by atoms with Gasteiger partial charge in [-0.1, -0.05) is 32.9 Å². The van der Waals surface area contributed by atoms with E-state index in [1.807, 2.05) is 0 Å². The van der Waals surface area contributed by atoms with Crippen LogP contribution in [0.1, 0.15) is 51.5 Å². The van der Waals surface area contributed by atoms with Crippen molar-refractivity contribution in [1.82, 2.24) is 10.2 Å². The lowest BCUT2D eigenvalue weighted by Crippen LogP contribution is -2.53. The van der Waals surface area contributed by atoms with Crippen molar-refractivity contribution in [3.63, 3.8) is 0 Å². The standard InChI is InChI=1S/C21H28F4N2O2/c1-13(2)19(26-18(28)12-14(3)21(23,24)25)20(29)27-10-8-16(9-11-27)15-4-6-17(22)7-5-15/h4-7,13-14,16,19H,8-12H2,1-3H3,(H,26,28). The van der Waals surface area contributed by atoms with E-state index in [-0.39, 0.29) is 23.6 Å². The molecule has 1 aromatic rings. The molecule has 29 heavy (non-hydrogen) atoms. The number of carbonyl (C=O) groups is 2. The molecule has 0 aromatic heterocycles. The van der Waals surface area contributed by atoms with Crippen molar-refractivity contribution in [2.24, 2.45) is 11.8 Å². The molecule has 0 aliphatic carbocycles. The van der Waals surface area contributed by atoms with Crippen LogP contribution in [0.3, 0.4) is 0 Å². The highest BCUT2D eigenvalue weighted by Gasteiger charge is 2.38. The molecule has 1 aromatic carbocycles. The molecule has 0 radical (unpaired) electrons. The highest BCUT2D eigenvalue weighted by atomic mass is 19.4. The van der Waals surface area contributed by atoms with Crippen LogP contribution in [0.4, 0.5) is 17.6 Å². The van der Waals surface area contributed by atoms with E-state index in [1.165, 1.54) is 12.1 Å². The second-order valence-electron chi connectivity index (χ2n) is 8.09. The summed E-state index contributed by atoms with van der Waals surface area (Å²) in [6.07, 6.45) is -3.73. The van der Waals surface area contributed by atoms with E-state index in [0.29, 0.717) is 25.9 Å². The summed E-state index contributed by atoms with van der Waals surface area (Å²) in [6, 6.07) is 5.47. The van der Waals surface area contributed by atoms with E-state index in [1.54, 1.807) is 30.9 Å². The summed E-state index contributed by atoms with van der Waals surface area (Å²) in [5.74, 6) is -3.14. The van der Waals surface area contributed by atoms with Crippen molar-refractivity contribution in [1.29, 1.82) is 0 Å². The van der Waals surface area contributed by atoms with Gasteiger partial charge in [-0.3, -0.25) is 9.59 Å². The van der Waals surface area contributed by atoms with Crippen LogP contribution in [0.15, 0.2) is 24.3 Å². The molecule has 1 aliphatic rings. The molecule has 2 atom stereocenters. The van der Waals surface area contributed by atoms with E-state index in [9.17, 15) is 27.2 Å². The number of rotatable bonds is 6. The molecule has 2 amide bonds. The number of likely N-dealkylation sites (tertiary alicyclic amines) is 1. The molecule has 1 fully saturated rings. The Kier molecular flexibility index (Phi) is 7.66. The van der Waals surface area contributed by atoms with Gasteiger partial charge in [-0.25, -0.2) is 4.39 Å². The molecular weight excluding hydrogens is 388 g/mol. The Bertz CT molecular complexity index is 696. The average Bonchev–Trinajstić information content (AvgIpc) is 2.65. The van der Waals surface area contributed by atoms with Crippen LogP contribution in [-0.4, -0.2) is 42.0 Å². The van der Waals surface area contributed by atoms with E-state index in [0.717, 1.165) is 12.5 Å². The third kappa shape index (κ3) is 6.44. The van der Waals surface area contributed by atoms with Gasteiger partial charge in [0.1, 0.15) is 11.9 Å². The Hall–Kier alpha value is -2.12. The van der Waals surface area contributed by atoms with E-state index in [4.69, 9.17) is 0 Å². The first-order valence-electron chi connectivity index (χ1n) is 9.89.